The molecule has 1 saturated carbocycles. The number of ether oxygens (including phenoxy) is 1. The third-order valence-electron chi connectivity index (χ3n) is 4.01. The molecule has 112 valence electrons. The van der Waals surface area contributed by atoms with Gasteiger partial charge >= 0.3 is 6.03 Å². The maximum atomic E-state index is 11.7. The van der Waals surface area contributed by atoms with Crippen molar-refractivity contribution in [3.05, 3.63) is 0 Å². The van der Waals surface area contributed by atoms with Crippen LogP contribution < -0.4 is 10.6 Å². The van der Waals surface area contributed by atoms with Gasteiger partial charge in [-0.15, -0.1) is 0 Å². The predicted molar refractivity (Wildman–Crippen MR) is 75.0 cm³/mol. The van der Waals surface area contributed by atoms with Gasteiger partial charge in [0, 0.05) is 19.2 Å². The van der Waals surface area contributed by atoms with Gasteiger partial charge in [-0.2, -0.15) is 0 Å². The smallest absolute Gasteiger partial charge is 0.315 e. The van der Waals surface area contributed by atoms with Gasteiger partial charge in [0.1, 0.15) is 0 Å². The highest BCUT2D eigenvalue weighted by molar-refractivity contribution is 5.74. The second kappa shape index (κ2) is 9.15. The molecule has 0 bridgehead atoms. The lowest BCUT2D eigenvalue weighted by Crippen LogP contribution is -2.48. The van der Waals surface area contributed by atoms with Crippen molar-refractivity contribution in [2.45, 2.75) is 45.6 Å². The van der Waals surface area contributed by atoms with Gasteiger partial charge in [-0.25, -0.2) is 4.79 Å². The zero-order valence-electron chi connectivity index (χ0n) is 12.2. The number of rotatable bonds is 7. The van der Waals surface area contributed by atoms with Crippen molar-refractivity contribution in [2.24, 2.45) is 11.8 Å². The van der Waals surface area contributed by atoms with Crippen LogP contribution in [0.3, 0.4) is 0 Å². The molecule has 0 heterocycles. The average molecular weight is 272 g/mol. The molecule has 2 amide bonds. The largest absolute Gasteiger partial charge is 0.394 e. The van der Waals surface area contributed by atoms with Gasteiger partial charge in [0.25, 0.3) is 0 Å². The van der Waals surface area contributed by atoms with Crippen LogP contribution in [0, 0.1) is 11.8 Å². The monoisotopic (exact) mass is 272 g/mol. The summed E-state index contributed by atoms with van der Waals surface area (Å²) in [6.07, 6.45) is 4.32. The predicted octanol–water partition coefficient (Wildman–Crippen LogP) is 1.51. The molecule has 5 nitrogen and oxygen atoms in total. The van der Waals surface area contributed by atoms with Crippen LogP contribution >= 0.6 is 0 Å². The number of carbonyl (C=O) groups excluding carboxylic acids is 1. The maximum Gasteiger partial charge on any atom is 0.315 e. The van der Waals surface area contributed by atoms with E-state index in [-0.39, 0.29) is 12.6 Å². The van der Waals surface area contributed by atoms with Gasteiger partial charge in [0.15, 0.2) is 0 Å². The molecule has 3 atom stereocenters. The molecule has 0 radical (unpaired) electrons. The second-order valence-electron chi connectivity index (χ2n) is 5.46. The highest BCUT2D eigenvalue weighted by Crippen LogP contribution is 2.29. The summed E-state index contributed by atoms with van der Waals surface area (Å²) in [5.74, 6) is 1.23. The quantitative estimate of drug-likeness (QED) is 0.615. The van der Waals surface area contributed by atoms with E-state index in [0.29, 0.717) is 37.6 Å². The van der Waals surface area contributed by atoms with Crippen molar-refractivity contribution in [1.82, 2.24) is 10.6 Å². The van der Waals surface area contributed by atoms with Crippen molar-refractivity contribution in [3.63, 3.8) is 0 Å². The Hall–Kier alpha value is -0.810. The molecule has 0 saturated heterocycles. The van der Waals surface area contributed by atoms with E-state index in [1.54, 1.807) is 0 Å². The van der Waals surface area contributed by atoms with E-state index in [4.69, 9.17) is 9.84 Å². The van der Waals surface area contributed by atoms with Crippen molar-refractivity contribution in [3.8, 4) is 0 Å². The number of nitrogens with one attached hydrogen (secondary N) is 2. The van der Waals surface area contributed by atoms with Gasteiger partial charge < -0.3 is 20.5 Å². The molecule has 0 spiro atoms. The van der Waals surface area contributed by atoms with E-state index in [2.05, 4.69) is 24.5 Å². The number of aliphatic hydroxyl groups is 1. The fourth-order valence-electron chi connectivity index (χ4n) is 2.55. The van der Waals surface area contributed by atoms with Crippen LogP contribution in [0.2, 0.25) is 0 Å². The van der Waals surface area contributed by atoms with Gasteiger partial charge in [-0.3, -0.25) is 0 Å². The number of carbonyl (C=O) groups is 1. The van der Waals surface area contributed by atoms with Gasteiger partial charge in [0.2, 0.25) is 0 Å². The van der Waals surface area contributed by atoms with E-state index in [0.717, 1.165) is 12.8 Å². The zero-order chi connectivity index (χ0) is 14.1. The average Bonchev–Trinajstić information content (AvgIpc) is 2.39. The Bertz CT molecular complexity index is 261. The van der Waals surface area contributed by atoms with Crippen molar-refractivity contribution >= 4 is 6.03 Å². The summed E-state index contributed by atoms with van der Waals surface area (Å²) in [5.41, 5.74) is 0. The van der Waals surface area contributed by atoms with Gasteiger partial charge in [-0.1, -0.05) is 26.7 Å². The first-order valence-corrected chi connectivity index (χ1v) is 7.38. The van der Waals surface area contributed by atoms with Crippen LogP contribution in [-0.4, -0.2) is 43.5 Å². The first kappa shape index (κ1) is 16.2. The Labute approximate surface area is 116 Å². The summed E-state index contributed by atoms with van der Waals surface area (Å²) >= 11 is 0. The molecule has 0 aromatic heterocycles. The summed E-state index contributed by atoms with van der Waals surface area (Å²) < 4.78 is 5.12. The van der Waals surface area contributed by atoms with E-state index >= 15 is 0 Å². The molecule has 5 heteroatoms. The molecular weight excluding hydrogens is 244 g/mol. The Kier molecular flexibility index (Phi) is 7.82. The molecule has 1 fully saturated rings. The van der Waals surface area contributed by atoms with Crippen LogP contribution in [0.4, 0.5) is 4.79 Å². The number of hydrogen-bond donors (Lipinski definition) is 3. The lowest BCUT2D eigenvalue weighted by molar-refractivity contribution is 0.0909. The number of hydrogen-bond acceptors (Lipinski definition) is 3. The Morgan fingerprint density at radius 1 is 1.32 bits per heavy atom. The summed E-state index contributed by atoms with van der Waals surface area (Å²) in [5, 5.41) is 14.5. The molecule has 3 N–H and O–H groups in total. The van der Waals surface area contributed by atoms with E-state index in [1.807, 2.05) is 0 Å². The van der Waals surface area contributed by atoms with E-state index in [1.165, 1.54) is 12.8 Å². The molecular formula is C14H28N2O3. The minimum absolute atomic E-state index is 0.0473. The number of aliphatic hydroxyl groups excluding tert-OH is 1. The van der Waals surface area contributed by atoms with Gasteiger partial charge in [-0.05, 0) is 24.7 Å². The first-order chi connectivity index (χ1) is 9.15. The van der Waals surface area contributed by atoms with Crippen molar-refractivity contribution in [1.29, 1.82) is 0 Å². The highest BCUT2D eigenvalue weighted by atomic mass is 16.5. The lowest BCUT2D eigenvalue weighted by Gasteiger charge is -2.34. The number of amides is 2. The topological polar surface area (TPSA) is 70.6 Å². The molecule has 19 heavy (non-hydrogen) atoms. The van der Waals surface area contributed by atoms with Crippen molar-refractivity contribution < 1.29 is 14.6 Å². The Balaban J connectivity index is 2.10. The fourth-order valence-corrected chi connectivity index (χ4v) is 2.55. The zero-order valence-corrected chi connectivity index (χ0v) is 12.2. The summed E-state index contributed by atoms with van der Waals surface area (Å²) in [6, 6.07) is 0.225. The standard InChI is InChI=1S/C14H28N2O3/c1-11-5-3-6-13(12(11)2)16-14(18)15-7-4-9-19-10-8-17/h11-13,17H,3-10H2,1-2H3,(H2,15,16,18). The van der Waals surface area contributed by atoms with Crippen LogP contribution in [0.5, 0.6) is 0 Å². The van der Waals surface area contributed by atoms with Gasteiger partial charge in [0.05, 0.1) is 13.2 Å². The highest BCUT2D eigenvalue weighted by Gasteiger charge is 2.27. The molecule has 3 unspecified atom stereocenters. The molecule has 1 rings (SSSR count). The normalized spacial score (nSPS) is 27.0. The lowest BCUT2D eigenvalue weighted by atomic mass is 9.78. The molecule has 0 aliphatic heterocycles. The summed E-state index contributed by atoms with van der Waals surface area (Å²) in [4.78, 5) is 11.7. The number of urea groups is 1. The van der Waals surface area contributed by atoms with Crippen LogP contribution in [0.15, 0.2) is 0 Å². The van der Waals surface area contributed by atoms with Crippen LogP contribution in [-0.2, 0) is 4.74 Å². The maximum absolute atomic E-state index is 11.7. The van der Waals surface area contributed by atoms with E-state index in [9.17, 15) is 4.79 Å². The SMILES string of the molecule is CC1CCCC(NC(=O)NCCCOCCO)C1C. The van der Waals surface area contributed by atoms with Crippen LogP contribution in [0.1, 0.15) is 39.5 Å². The fraction of sp³-hybridized carbons (Fsp3) is 0.929. The van der Waals surface area contributed by atoms with Crippen LogP contribution in [0.25, 0.3) is 0 Å². The minimum atomic E-state index is -0.0758. The Morgan fingerprint density at radius 2 is 2.11 bits per heavy atom. The summed E-state index contributed by atoms with van der Waals surface area (Å²) in [6.45, 7) is 6.06. The Morgan fingerprint density at radius 3 is 2.84 bits per heavy atom. The minimum Gasteiger partial charge on any atom is -0.394 e. The third kappa shape index (κ3) is 6.25. The third-order valence-corrected chi connectivity index (χ3v) is 4.01. The molecule has 1 aliphatic rings. The molecule has 0 aromatic carbocycles. The van der Waals surface area contributed by atoms with E-state index < -0.39 is 0 Å². The molecule has 1 aliphatic carbocycles. The van der Waals surface area contributed by atoms with Crippen molar-refractivity contribution in [2.75, 3.05) is 26.4 Å². The summed E-state index contributed by atoms with van der Waals surface area (Å²) in [7, 11) is 0. The second-order valence-corrected chi connectivity index (χ2v) is 5.46. The molecule has 0 aromatic rings. The first-order valence-electron chi connectivity index (χ1n) is 7.38.